The third kappa shape index (κ3) is 2.00. The van der Waals surface area contributed by atoms with E-state index in [0.717, 1.165) is 0 Å². The highest BCUT2D eigenvalue weighted by Crippen LogP contribution is 2.22. The zero-order valence-corrected chi connectivity index (χ0v) is 6.54. The Morgan fingerprint density at radius 2 is 2.67 bits per heavy atom. The van der Waals surface area contributed by atoms with Gasteiger partial charge in [-0.25, -0.2) is 0 Å². The van der Waals surface area contributed by atoms with Crippen molar-refractivity contribution in [1.82, 2.24) is 0 Å². The van der Waals surface area contributed by atoms with Crippen LogP contribution in [0.15, 0.2) is 10.2 Å². The molecule has 5 heteroatoms. The van der Waals surface area contributed by atoms with Crippen molar-refractivity contribution < 1.29 is 4.74 Å². The van der Waals surface area contributed by atoms with E-state index in [1.165, 1.54) is 11.8 Å². The molecule has 0 aromatic carbocycles. The summed E-state index contributed by atoms with van der Waals surface area (Å²) in [5.41, 5.74) is 0. The minimum Gasteiger partial charge on any atom is -0.381 e. The van der Waals surface area contributed by atoms with E-state index in [0.29, 0.717) is 10.9 Å². The molecule has 9 heavy (non-hydrogen) atoms. The molecule has 0 aromatic rings. The van der Waals surface area contributed by atoms with Crippen molar-refractivity contribution in [3.05, 3.63) is 0 Å². The van der Waals surface area contributed by atoms with Gasteiger partial charge < -0.3 is 4.74 Å². The Balaban J connectivity index is 2.32. The van der Waals surface area contributed by atoms with Crippen molar-refractivity contribution in [2.45, 2.75) is 5.37 Å². The third-order valence-corrected chi connectivity index (χ3v) is 1.97. The molecule has 0 radical (unpaired) electrons. The standard InChI is InChI=1S/C4H6N2OS2/c1-7-2-3-5-6-4(8)9-3/h3H,2H2,1H3. The van der Waals surface area contributed by atoms with E-state index in [4.69, 9.17) is 17.0 Å². The first-order valence-corrected chi connectivity index (χ1v) is 3.72. The number of rotatable bonds is 2. The zero-order valence-electron chi connectivity index (χ0n) is 4.90. The predicted octanol–water partition coefficient (Wildman–Crippen LogP) is 1.44. The molecule has 0 saturated heterocycles. The van der Waals surface area contributed by atoms with Gasteiger partial charge in [0.05, 0.1) is 6.61 Å². The summed E-state index contributed by atoms with van der Waals surface area (Å²) in [5, 5.41) is 7.60. The van der Waals surface area contributed by atoms with Gasteiger partial charge in [-0.05, 0) is 12.2 Å². The molecule has 3 nitrogen and oxygen atoms in total. The fourth-order valence-electron chi connectivity index (χ4n) is 0.485. The van der Waals surface area contributed by atoms with Crippen LogP contribution in [0.5, 0.6) is 0 Å². The molecule has 0 fully saturated rings. The van der Waals surface area contributed by atoms with Gasteiger partial charge in [-0.2, -0.15) is 5.11 Å². The topological polar surface area (TPSA) is 34.0 Å². The molecular formula is C4H6N2OS2. The summed E-state index contributed by atoms with van der Waals surface area (Å²) in [7, 11) is 1.64. The maximum atomic E-state index is 4.84. The van der Waals surface area contributed by atoms with Gasteiger partial charge in [0.2, 0.25) is 0 Å². The maximum absolute atomic E-state index is 4.84. The lowest BCUT2D eigenvalue weighted by Crippen LogP contribution is -2.03. The number of hydrogen-bond donors (Lipinski definition) is 0. The van der Waals surface area contributed by atoms with E-state index < -0.39 is 0 Å². The quantitative estimate of drug-likeness (QED) is 0.576. The van der Waals surface area contributed by atoms with Crippen molar-refractivity contribution in [2.24, 2.45) is 10.2 Å². The van der Waals surface area contributed by atoms with Gasteiger partial charge in [0, 0.05) is 7.11 Å². The molecular weight excluding hydrogens is 156 g/mol. The second kappa shape index (κ2) is 3.24. The van der Waals surface area contributed by atoms with Crippen LogP contribution < -0.4 is 0 Å². The predicted molar refractivity (Wildman–Crippen MR) is 40.7 cm³/mol. The molecule has 1 aliphatic heterocycles. The van der Waals surface area contributed by atoms with Gasteiger partial charge in [0.15, 0.2) is 4.32 Å². The number of methoxy groups -OCH3 is 1. The van der Waals surface area contributed by atoms with E-state index in [1.807, 2.05) is 0 Å². The number of nitrogens with zero attached hydrogens (tertiary/aromatic N) is 2. The van der Waals surface area contributed by atoms with Crippen LogP contribution >= 0.6 is 24.0 Å². The van der Waals surface area contributed by atoms with E-state index in [2.05, 4.69) is 10.2 Å². The Bertz CT molecular complexity index is 148. The van der Waals surface area contributed by atoms with E-state index in [9.17, 15) is 0 Å². The fraction of sp³-hybridized carbons (Fsp3) is 0.750. The van der Waals surface area contributed by atoms with Crippen LogP contribution in [0.4, 0.5) is 0 Å². The highest BCUT2D eigenvalue weighted by molar-refractivity contribution is 8.23. The normalized spacial score (nSPS) is 25.4. The molecule has 1 heterocycles. The van der Waals surface area contributed by atoms with Crippen LogP contribution in [0.1, 0.15) is 0 Å². The summed E-state index contributed by atoms with van der Waals surface area (Å²) in [6.45, 7) is 0.592. The highest BCUT2D eigenvalue weighted by atomic mass is 32.2. The second-order valence-electron chi connectivity index (χ2n) is 1.51. The third-order valence-electron chi connectivity index (χ3n) is 0.814. The monoisotopic (exact) mass is 162 g/mol. The summed E-state index contributed by atoms with van der Waals surface area (Å²) in [4.78, 5) is 0. The average molecular weight is 162 g/mol. The SMILES string of the molecule is COCC1N=NC(=S)S1. The van der Waals surface area contributed by atoms with Crippen molar-refractivity contribution in [1.29, 1.82) is 0 Å². The number of azo groups is 1. The highest BCUT2D eigenvalue weighted by Gasteiger charge is 2.16. The Kier molecular flexibility index (Phi) is 2.56. The first-order valence-electron chi connectivity index (χ1n) is 2.43. The summed E-state index contributed by atoms with van der Waals surface area (Å²) >= 11 is 6.22. The Labute approximate surface area is 62.9 Å². The van der Waals surface area contributed by atoms with Crippen molar-refractivity contribution in [3.8, 4) is 0 Å². The van der Waals surface area contributed by atoms with Gasteiger partial charge in [-0.1, -0.05) is 11.8 Å². The minimum absolute atomic E-state index is 0.0995. The van der Waals surface area contributed by atoms with Gasteiger partial charge in [0.1, 0.15) is 5.37 Å². The lowest BCUT2D eigenvalue weighted by Gasteiger charge is -1.98. The van der Waals surface area contributed by atoms with Gasteiger partial charge in [-0.15, -0.1) is 5.11 Å². The number of ether oxygens (including phenoxy) is 1. The van der Waals surface area contributed by atoms with Gasteiger partial charge in [0.25, 0.3) is 0 Å². The second-order valence-corrected chi connectivity index (χ2v) is 3.32. The smallest absolute Gasteiger partial charge is 0.184 e. The largest absolute Gasteiger partial charge is 0.381 e. The summed E-state index contributed by atoms with van der Waals surface area (Å²) in [6.07, 6.45) is 0. The van der Waals surface area contributed by atoms with Crippen LogP contribution in [0, 0.1) is 0 Å². The van der Waals surface area contributed by atoms with Crippen LogP contribution in [-0.2, 0) is 4.74 Å². The summed E-state index contributed by atoms with van der Waals surface area (Å²) in [6, 6.07) is 0. The van der Waals surface area contributed by atoms with Crippen molar-refractivity contribution >= 4 is 28.3 Å². The van der Waals surface area contributed by atoms with Crippen LogP contribution in [0.25, 0.3) is 0 Å². The Morgan fingerprint density at radius 1 is 1.89 bits per heavy atom. The number of thiocarbonyl (C=S) groups is 1. The van der Waals surface area contributed by atoms with Crippen LogP contribution in [0.2, 0.25) is 0 Å². The molecule has 0 aromatic heterocycles. The van der Waals surface area contributed by atoms with Crippen molar-refractivity contribution in [2.75, 3.05) is 13.7 Å². The molecule has 0 amide bonds. The van der Waals surface area contributed by atoms with E-state index in [1.54, 1.807) is 7.11 Å². The van der Waals surface area contributed by atoms with Crippen LogP contribution in [-0.4, -0.2) is 23.4 Å². The minimum atomic E-state index is 0.0995. The van der Waals surface area contributed by atoms with Crippen molar-refractivity contribution in [3.63, 3.8) is 0 Å². The molecule has 0 spiro atoms. The molecule has 1 unspecified atom stereocenters. The first kappa shape index (κ1) is 7.11. The van der Waals surface area contributed by atoms with E-state index >= 15 is 0 Å². The zero-order chi connectivity index (χ0) is 6.69. The molecule has 1 rings (SSSR count). The lowest BCUT2D eigenvalue weighted by atomic mass is 10.7. The maximum Gasteiger partial charge on any atom is 0.184 e. The molecule has 0 saturated carbocycles. The first-order chi connectivity index (χ1) is 4.33. The molecule has 0 aliphatic carbocycles. The fourth-order valence-corrected chi connectivity index (χ4v) is 1.49. The number of thioether (sulfide) groups is 1. The van der Waals surface area contributed by atoms with Gasteiger partial charge >= 0.3 is 0 Å². The Hall–Kier alpha value is -0.000000000000000111. The summed E-state index contributed by atoms with van der Waals surface area (Å²) < 4.78 is 5.45. The van der Waals surface area contributed by atoms with Gasteiger partial charge in [-0.3, -0.25) is 0 Å². The van der Waals surface area contributed by atoms with Crippen LogP contribution in [0.3, 0.4) is 0 Å². The molecule has 0 N–H and O–H groups in total. The Morgan fingerprint density at radius 3 is 3.11 bits per heavy atom. The molecule has 0 bridgehead atoms. The number of hydrogen-bond acceptors (Lipinski definition) is 4. The molecule has 1 aliphatic rings. The molecule has 1 atom stereocenters. The average Bonchev–Trinajstić information content (AvgIpc) is 2.17. The molecule has 50 valence electrons. The lowest BCUT2D eigenvalue weighted by molar-refractivity contribution is 0.200. The van der Waals surface area contributed by atoms with E-state index in [-0.39, 0.29) is 5.37 Å². The summed E-state index contributed by atoms with van der Waals surface area (Å²) in [5.74, 6) is 0.